The van der Waals surface area contributed by atoms with Crippen molar-refractivity contribution in [2.75, 3.05) is 13.3 Å². The third-order valence-electron chi connectivity index (χ3n) is 1.80. The average molecular weight is 263 g/mol. The zero-order valence-electron chi connectivity index (χ0n) is 10.2. The van der Waals surface area contributed by atoms with Gasteiger partial charge < -0.3 is 9.84 Å². The predicted octanol–water partition coefficient (Wildman–Crippen LogP) is 1.96. The number of nitrogens with one attached hydrogen (secondary N) is 1. The number of halogens is 1. The van der Waals surface area contributed by atoms with Crippen LogP contribution in [0.1, 0.15) is 23.6 Å². The van der Waals surface area contributed by atoms with Gasteiger partial charge in [-0.15, -0.1) is 11.3 Å². The van der Waals surface area contributed by atoms with Gasteiger partial charge in [0.25, 0.3) is 0 Å². The van der Waals surface area contributed by atoms with Crippen LogP contribution < -0.4 is 5.48 Å². The lowest BCUT2D eigenvalue weighted by molar-refractivity contribution is -0.0928. The largest absolute Gasteiger partial charge is 0.388 e. The number of aliphatic hydroxyl groups is 1. The van der Waals surface area contributed by atoms with Crippen molar-refractivity contribution in [2.24, 2.45) is 0 Å². The van der Waals surface area contributed by atoms with Gasteiger partial charge in [0, 0.05) is 4.88 Å². The molecule has 1 rings (SSSR count). The Labute approximate surface area is 104 Å². The fourth-order valence-electron chi connectivity index (χ4n) is 1.08. The molecule has 0 amide bonds. The first-order valence-electron chi connectivity index (χ1n) is 5.28. The Morgan fingerprint density at radius 3 is 2.76 bits per heavy atom. The Hall–Kier alpha value is -0.530. The zero-order valence-corrected chi connectivity index (χ0v) is 11.1. The summed E-state index contributed by atoms with van der Waals surface area (Å²) < 4.78 is 18.4. The van der Waals surface area contributed by atoms with E-state index >= 15 is 0 Å². The molecule has 1 heterocycles. The number of hydrogen-bond acceptors (Lipinski definition) is 5. The van der Waals surface area contributed by atoms with Crippen molar-refractivity contribution in [3.8, 4) is 0 Å². The summed E-state index contributed by atoms with van der Waals surface area (Å²) in [7, 11) is 0. The predicted molar refractivity (Wildman–Crippen MR) is 64.1 cm³/mol. The maximum Gasteiger partial charge on any atom is 0.139 e. The zero-order chi connectivity index (χ0) is 12.9. The van der Waals surface area contributed by atoms with Crippen molar-refractivity contribution in [3.63, 3.8) is 0 Å². The van der Waals surface area contributed by atoms with Crippen molar-refractivity contribution in [2.45, 2.75) is 33.0 Å². The second-order valence-electron chi connectivity index (χ2n) is 4.37. The molecule has 17 heavy (non-hydrogen) atoms. The number of thiophene rings is 1. The van der Waals surface area contributed by atoms with Crippen molar-refractivity contribution >= 4 is 11.3 Å². The molecule has 0 aliphatic carbocycles. The molecule has 6 heteroatoms. The molecular weight excluding hydrogens is 245 g/mol. The molecule has 0 aliphatic heterocycles. The molecule has 4 nitrogen and oxygen atoms in total. The summed E-state index contributed by atoms with van der Waals surface area (Å²) in [5, 5.41) is 9.34. The van der Waals surface area contributed by atoms with E-state index in [9.17, 15) is 9.50 Å². The average Bonchev–Trinajstić information content (AvgIpc) is 2.49. The third-order valence-corrected chi connectivity index (χ3v) is 2.80. The molecule has 0 saturated carbocycles. The van der Waals surface area contributed by atoms with E-state index in [4.69, 9.17) is 9.57 Å². The quantitative estimate of drug-likeness (QED) is 0.448. The van der Waals surface area contributed by atoms with Gasteiger partial charge in [-0.3, -0.25) is 4.84 Å². The molecule has 0 radical (unpaired) electrons. The van der Waals surface area contributed by atoms with Crippen LogP contribution in [-0.2, 0) is 16.2 Å². The van der Waals surface area contributed by atoms with Crippen LogP contribution in [0.25, 0.3) is 0 Å². The van der Waals surface area contributed by atoms with E-state index < -0.39 is 5.60 Å². The highest BCUT2D eigenvalue weighted by Gasteiger charge is 2.12. The normalized spacial score (nSPS) is 12.1. The van der Waals surface area contributed by atoms with Crippen molar-refractivity contribution < 1.29 is 19.1 Å². The Kier molecular flexibility index (Phi) is 5.48. The lowest BCUT2D eigenvalue weighted by atomic mass is 10.2. The highest BCUT2D eigenvalue weighted by molar-refractivity contribution is 7.11. The van der Waals surface area contributed by atoms with Crippen LogP contribution in [-0.4, -0.2) is 24.0 Å². The molecule has 0 spiro atoms. The third kappa shape index (κ3) is 6.09. The molecule has 0 fully saturated rings. The molecule has 0 saturated heterocycles. The van der Waals surface area contributed by atoms with Crippen LogP contribution in [0, 0.1) is 12.7 Å². The van der Waals surface area contributed by atoms with Gasteiger partial charge in [-0.2, -0.15) is 5.48 Å². The Morgan fingerprint density at radius 2 is 2.24 bits per heavy atom. The Morgan fingerprint density at radius 1 is 1.53 bits per heavy atom. The van der Waals surface area contributed by atoms with Gasteiger partial charge in [0.2, 0.25) is 0 Å². The molecular formula is C11H18FNO3S. The number of hydrogen-bond donors (Lipinski definition) is 2. The maximum absolute atomic E-state index is 13.2. The standard InChI is InChI=1S/C11H18FNO3S/c1-8-4-9(12)10(17-8)5-15-7-13-16-6-11(2,3)14/h4,13-14H,5-7H2,1-3H3. The van der Waals surface area contributed by atoms with Crippen LogP contribution in [0.3, 0.4) is 0 Å². The Bertz CT molecular complexity index is 349. The van der Waals surface area contributed by atoms with Crippen molar-refractivity contribution in [3.05, 3.63) is 21.6 Å². The van der Waals surface area contributed by atoms with Crippen LogP contribution in [0.2, 0.25) is 0 Å². The molecule has 0 unspecified atom stereocenters. The van der Waals surface area contributed by atoms with Gasteiger partial charge in [-0.05, 0) is 26.8 Å². The van der Waals surface area contributed by atoms with Crippen LogP contribution in [0.15, 0.2) is 6.07 Å². The Balaban J connectivity index is 2.11. The van der Waals surface area contributed by atoms with Crippen LogP contribution in [0.4, 0.5) is 4.39 Å². The van der Waals surface area contributed by atoms with Crippen LogP contribution in [0.5, 0.6) is 0 Å². The molecule has 0 aliphatic rings. The van der Waals surface area contributed by atoms with E-state index in [-0.39, 0.29) is 25.8 Å². The lowest BCUT2D eigenvalue weighted by Crippen LogP contribution is -2.31. The molecule has 1 aromatic heterocycles. The van der Waals surface area contributed by atoms with E-state index in [1.54, 1.807) is 13.8 Å². The highest BCUT2D eigenvalue weighted by Crippen LogP contribution is 2.20. The van der Waals surface area contributed by atoms with Gasteiger partial charge in [-0.1, -0.05) is 0 Å². The second kappa shape index (κ2) is 6.42. The molecule has 2 N–H and O–H groups in total. The van der Waals surface area contributed by atoms with E-state index in [0.717, 1.165) is 4.88 Å². The lowest BCUT2D eigenvalue weighted by Gasteiger charge is -2.16. The first-order chi connectivity index (χ1) is 7.88. The van der Waals surface area contributed by atoms with Gasteiger partial charge >= 0.3 is 0 Å². The summed E-state index contributed by atoms with van der Waals surface area (Å²) in [5.41, 5.74) is 1.65. The first kappa shape index (κ1) is 14.5. The number of aryl methyl sites for hydroxylation is 1. The smallest absolute Gasteiger partial charge is 0.139 e. The van der Waals surface area contributed by atoms with Gasteiger partial charge in [0.05, 0.1) is 23.7 Å². The molecule has 0 bridgehead atoms. The highest BCUT2D eigenvalue weighted by atomic mass is 32.1. The minimum absolute atomic E-state index is 0.145. The fraction of sp³-hybridized carbons (Fsp3) is 0.636. The minimum Gasteiger partial charge on any atom is -0.388 e. The molecule has 1 aromatic rings. The summed E-state index contributed by atoms with van der Waals surface area (Å²) in [5.74, 6) is -0.232. The fourth-order valence-corrected chi connectivity index (χ4v) is 1.93. The van der Waals surface area contributed by atoms with Gasteiger partial charge in [0.1, 0.15) is 12.5 Å². The molecule has 0 aromatic carbocycles. The molecule has 0 atom stereocenters. The monoisotopic (exact) mass is 263 g/mol. The van der Waals surface area contributed by atoms with E-state index in [2.05, 4.69) is 5.48 Å². The second-order valence-corrected chi connectivity index (χ2v) is 5.71. The van der Waals surface area contributed by atoms with E-state index in [1.807, 2.05) is 6.92 Å². The number of hydroxylamine groups is 1. The number of rotatable bonds is 7. The van der Waals surface area contributed by atoms with E-state index in [0.29, 0.717) is 4.88 Å². The summed E-state index contributed by atoms with van der Waals surface area (Å²) in [6.45, 7) is 5.64. The van der Waals surface area contributed by atoms with Gasteiger partial charge in [-0.25, -0.2) is 4.39 Å². The first-order valence-corrected chi connectivity index (χ1v) is 6.10. The number of ether oxygens (including phenoxy) is 1. The summed E-state index contributed by atoms with van der Waals surface area (Å²) in [6.07, 6.45) is 0. The summed E-state index contributed by atoms with van der Waals surface area (Å²) in [4.78, 5) is 6.46. The topological polar surface area (TPSA) is 50.7 Å². The molecule has 98 valence electrons. The van der Waals surface area contributed by atoms with Crippen LogP contribution >= 0.6 is 11.3 Å². The maximum atomic E-state index is 13.2. The summed E-state index contributed by atoms with van der Waals surface area (Å²) in [6, 6.07) is 1.49. The SMILES string of the molecule is Cc1cc(F)c(COCNOCC(C)(C)O)s1. The van der Waals surface area contributed by atoms with Crippen molar-refractivity contribution in [1.82, 2.24) is 5.48 Å². The van der Waals surface area contributed by atoms with E-state index in [1.165, 1.54) is 17.4 Å². The summed E-state index contributed by atoms with van der Waals surface area (Å²) >= 11 is 1.37. The van der Waals surface area contributed by atoms with Gasteiger partial charge in [0.15, 0.2) is 0 Å². The van der Waals surface area contributed by atoms with Crippen molar-refractivity contribution in [1.29, 1.82) is 0 Å². The minimum atomic E-state index is -0.885.